The molecule has 4 N–H and O–H groups in total. The minimum absolute atomic E-state index is 0.0556. The number of ether oxygens (including phenoxy) is 2. The van der Waals surface area contributed by atoms with Crippen molar-refractivity contribution in [3.63, 3.8) is 0 Å². The number of halogens is 6. The number of nitrogens with zero attached hydrogens (tertiary/aromatic N) is 3. The molecule has 19 heteroatoms. The summed E-state index contributed by atoms with van der Waals surface area (Å²) < 4.78 is 75.1. The van der Waals surface area contributed by atoms with Crippen molar-refractivity contribution in [2.24, 2.45) is 0 Å². The van der Waals surface area contributed by atoms with Crippen LogP contribution in [-0.4, -0.2) is 64.5 Å². The molecule has 1 fully saturated rings. The predicted octanol–water partition coefficient (Wildman–Crippen LogP) is 5.53. The normalized spacial score (nSPS) is 13.6. The van der Waals surface area contributed by atoms with Crippen LogP contribution >= 0.6 is 11.6 Å². The Balaban J connectivity index is 1.21. The van der Waals surface area contributed by atoms with E-state index in [4.69, 9.17) is 21.1 Å². The van der Waals surface area contributed by atoms with Gasteiger partial charge < -0.3 is 30.7 Å². The molecule has 54 heavy (non-hydrogen) atoms. The lowest BCUT2D eigenvalue weighted by Gasteiger charge is -2.19. The second kappa shape index (κ2) is 16.8. The van der Waals surface area contributed by atoms with E-state index in [0.29, 0.717) is 29.6 Å². The Morgan fingerprint density at radius 3 is 2.17 bits per heavy atom. The highest BCUT2D eigenvalue weighted by atomic mass is 35.5. The zero-order valence-corrected chi connectivity index (χ0v) is 29.0. The van der Waals surface area contributed by atoms with E-state index < -0.39 is 72.0 Å². The van der Waals surface area contributed by atoms with Crippen molar-refractivity contribution in [3.8, 4) is 6.01 Å². The predicted molar refractivity (Wildman–Crippen MR) is 183 cm³/mol. The summed E-state index contributed by atoms with van der Waals surface area (Å²) in [6, 6.07) is 13.4. The van der Waals surface area contributed by atoms with Gasteiger partial charge in [0.15, 0.2) is 6.61 Å². The van der Waals surface area contributed by atoms with Gasteiger partial charge in [0.1, 0.15) is 17.7 Å². The lowest BCUT2D eigenvalue weighted by molar-refractivity contribution is -0.154. The Morgan fingerprint density at radius 2 is 1.56 bits per heavy atom. The summed E-state index contributed by atoms with van der Waals surface area (Å²) in [4.78, 5) is 62.4. The van der Waals surface area contributed by atoms with E-state index in [1.54, 1.807) is 12.1 Å². The van der Waals surface area contributed by atoms with Crippen LogP contribution in [0.2, 0.25) is 5.02 Å². The van der Waals surface area contributed by atoms with Crippen LogP contribution in [0.4, 0.5) is 39.5 Å². The number of methoxy groups -OCH3 is 1. The molecule has 1 aliphatic carbocycles. The van der Waals surface area contributed by atoms with E-state index in [-0.39, 0.29) is 36.0 Å². The fraction of sp³-hybridized carbons (Fsp3) is 0.286. The van der Waals surface area contributed by atoms with Gasteiger partial charge in [-0.1, -0.05) is 23.7 Å². The molecule has 3 aromatic carbocycles. The SMILES string of the molecule is COC(=O)[C@H](CCC(=O)C(=O)NCc1cc(F)cc(F)c1)NC(=O)c1ccc(Nc2nc(NC3(c4ccc(Cl)cc4)CC3)nc(OCC(F)(F)F)n2)cc1. The molecule has 0 aliphatic heterocycles. The van der Waals surface area contributed by atoms with Gasteiger partial charge in [0.2, 0.25) is 17.7 Å². The minimum Gasteiger partial charge on any atom is -0.467 e. The summed E-state index contributed by atoms with van der Waals surface area (Å²) in [5, 5.41) is 11.2. The molecule has 2 amide bonds. The summed E-state index contributed by atoms with van der Waals surface area (Å²) in [6.07, 6.45) is -4.07. The molecule has 0 radical (unpaired) electrons. The van der Waals surface area contributed by atoms with Gasteiger partial charge >= 0.3 is 18.2 Å². The van der Waals surface area contributed by atoms with Gasteiger partial charge in [-0.2, -0.15) is 28.1 Å². The molecule has 0 unspecified atom stereocenters. The van der Waals surface area contributed by atoms with Crippen molar-refractivity contribution >= 4 is 52.8 Å². The van der Waals surface area contributed by atoms with Crippen LogP contribution in [0.1, 0.15) is 47.2 Å². The average Bonchev–Trinajstić information content (AvgIpc) is 3.90. The Kier molecular flexibility index (Phi) is 12.3. The molecule has 0 saturated heterocycles. The van der Waals surface area contributed by atoms with Crippen molar-refractivity contribution < 1.29 is 50.6 Å². The van der Waals surface area contributed by atoms with Crippen molar-refractivity contribution in [2.45, 2.75) is 50.0 Å². The van der Waals surface area contributed by atoms with Gasteiger partial charge in [-0.3, -0.25) is 14.4 Å². The topological polar surface area (TPSA) is 174 Å². The standard InChI is InChI=1S/C35H31ClF5N7O6/c1-53-30(52)26(10-11-27(49)29(51)42-17-19-14-23(37)16-24(38)15-19)44-28(50)20-2-8-25(9-3-20)43-31-45-32(47-33(46-31)54-18-35(39,40)41)48-34(12-13-34)21-4-6-22(36)7-5-21/h2-9,14-16,26H,10-13,17-18H2,1H3,(H,42,51)(H,44,50)(H2,43,45,46,47,48)/t26-/m0/s1. The lowest BCUT2D eigenvalue weighted by Crippen LogP contribution is -2.42. The number of benzene rings is 3. The number of hydrogen-bond donors (Lipinski definition) is 4. The molecule has 4 aromatic rings. The fourth-order valence-electron chi connectivity index (χ4n) is 5.12. The Morgan fingerprint density at radius 1 is 0.907 bits per heavy atom. The van der Waals surface area contributed by atoms with E-state index in [9.17, 15) is 41.1 Å². The summed E-state index contributed by atoms with van der Waals surface area (Å²) in [6.45, 7) is -1.97. The first-order valence-corrected chi connectivity index (χ1v) is 16.5. The van der Waals surface area contributed by atoms with Gasteiger partial charge in [0.05, 0.1) is 12.6 Å². The number of carbonyl (C=O) groups excluding carboxylic acids is 4. The fourth-order valence-corrected chi connectivity index (χ4v) is 5.25. The van der Waals surface area contributed by atoms with Gasteiger partial charge in [0.25, 0.3) is 11.8 Å². The molecule has 1 atom stereocenters. The maximum absolute atomic E-state index is 13.4. The second-order valence-corrected chi connectivity index (χ2v) is 12.5. The van der Waals surface area contributed by atoms with Gasteiger partial charge in [0, 0.05) is 35.3 Å². The molecule has 0 bridgehead atoms. The van der Waals surface area contributed by atoms with Crippen LogP contribution in [0.25, 0.3) is 0 Å². The minimum atomic E-state index is -4.66. The van der Waals surface area contributed by atoms with Crippen LogP contribution in [0.3, 0.4) is 0 Å². The number of nitrogens with one attached hydrogen (secondary N) is 4. The third kappa shape index (κ3) is 11.0. The van der Waals surface area contributed by atoms with E-state index in [2.05, 4.69) is 36.2 Å². The zero-order valence-electron chi connectivity index (χ0n) is 28.2. The quantitative estimate of drug-likeness (QED) is 0.0641. The van der Waals surface area contributed by atoms with E-state index in [1.807, 2.05) is 12.1 Å². The first-order valence-electron chi connectivity index (χ1n) is 16.1. The molecular formula is C35H31ClF5N7O6. The van der Waals surface area contributed by atoms with Crippen LogP contribution in [0.15, 0.2) is 66.7 Å². The van der Waals surface area contributed by atoms with Crippen LogP contribution in [0, 0.1) is 11.6 Å². The third-order valence-electron chi connectivity index (χ3n) is 7.96. The van der Waals surface area contributed by atoms with E-state index in [0.717, 1.165) is 24.8 Å². The monoisotopic (exact) mass is 775 g/mol. The molecule has 1 aliphatic rings. The average molecular weight is 776 g/mol. The number of carbonyl (C=O) groups is 4. The number of Topliss-reactive ketones (excluding diaryl/α,β-unsaturated/α-hetero) is 1. The number of alkyl halides is 3. The Bertz CT molecular complexity index is 2000. The van der Waals surface area contributed by atoms with Gasteiger partial charge in [-0.05, 0) is 78.9 Å². The molecule has 284 valence electrons. The first kappa shape index (κ1) is 39.3. The zero-order chi connectivity index (χ0) is 39.0. The summed E-state index contributed by atoms with van der Waals surface area (Å²) in [5.41, 5.74) is 0.753. The second-order valence-electron chi connectivity index (χ2n) is 12.1. The largest absolute Gasteiger partial charge is 0.467 e. The lowest BCUT2D eigenvalue weighted by atomic mass is 10.1. The van der Waals surface area contributed by atoms with E-state index in [1.165, 1.54) is 24.3 Å². The smallest absolute Gasteiger partial charge is 0.422 e. The molecule has 0 spiro atoms. The summed E-state index contributed by atoms with van der Waals surface area (Å²) in [7, 11) is 1.07. The first-order chi connectivity index (χ1) is 25.6. The molecular weight excluding hydrogens is 745 g/mol. The number of rotatable bonds is 16. The Labute approximate surface area is 309 Å². The number of hydrogen-bond acceptors (Lipinski definition) is 11. The van der Waals surface area contributed by atoms with Crippen molar-refractivity contribution in [3.05, 3.63) is 100 Å². The molecule has 1 heterocycles. The molecule has 13 nitrogen and oxygen atoms in total. The van der Waals surface area contributed by atoms with Crippen LogP contribution in [0.5, 0.6) is 6.01 Å². The highest BCUT2D eigenvalue weighted by Crippen LogP contribution is 2.48. The van der Waals surface area contributed by atoms with Crippen LogP contribution in [-0.2, 0) is 31.2 Å². The van der Waals surface area contributed by atoms with Crippen molar-refractivity contribution in [1.29, 1.82) is 0 Å². The molecule has 1 saturated carbocycles. The van der Waals surface area contributed by atoms with Crippen LogP contribution < -0.4 is 26.0 Å². The maximum atomic E-state index is 13.4. The Hall–Kier alpha value is -5.91. The molecule has 5 rings (SSSR count). The number of amides is 2. The third-order valence-corrected chi connectivity index (χ3v) is 8.21. The highest BCUT2D eigenvalue weighted by Gasteiger charge is 2.45. The number of esters is 1. The molecule has 1 aromatic heterocycles. The van der Waals surface area contributed by atoms with E-state index >= 15 is 0 Å². The summed E-state index contributed by atoms with van der Waals surface area (Å²) in [5.74, 6) is -5.59. The highest BCUT2D eigenvalue weighted by molar-refractivity contribution is 6.36. The number of aromatic nitrogens is 3. The maximum Gasteiger partial charge on any atom is 0.422 e. The van der Waals surface area contributed by atoms with Gasteiger partial charge in [-0.15, -0.1) is 0 Å². The van der Waals surface area contributed by atoms with Crippen molar-refractivity contribution in [2.75, 3.05) is 24.4 Å². The van der Waals surface area contributed by atoms with Gasteiger partial charge in [-0.25, -0.2) is 13.6 Å². The number of anilines is 3. The van der Waals surface area contributed by atoms with Crippen molar-refractivity contribution in [1.82, 2.24) is 25.6 Å². The number of ketones is 1. The summed E-state index contributed by atoms with van der Waals surface area (Å²) >= 11 is 6.01.